The minimum atomic E-state index is -0.940. The van der Waals surface area contributed by atoms with E-state index in [1.807, 2.05) is 69.6 Å². The van der Waals surface area contributed by atoms with E-state index < -0.39 is 54.0 Å². The molecule has 0 saturated carbocycles. The molecule has 0 aliphatic carbocycles. The molecule has 6 N–H and O–H groups in total. The predicted octanol–water partition coefficient (Wildman–Crippen LogP) is 7.71. The van der Waals surface area contributed by atoms with Crippen LogP contribution in [0.25, 0.3) is 21.7 Å². The Balaban J connectivity index is 0.643. The number of fused-ring (bicyclic) bond motifs is 3. The van der Waals surface area contributed by atoms with Gasteiger partial charge in [0.25, 0.3) is 11.8 Å². The third-order valence-corrected chi connectivity index (χ3v) is 19.4. The monoisotopic (exact) mass is 1380 g/mol. The van der Waals surface area contributed by atoms with E-state index in [2.05, 4.69) is 77.2 Å². The number of likely N-dealkylation sites (tertiary alicyclic amines) is 2. The topological polar surface area (TPSA) is 303 Å². The average Bonchev–Trinajstić information content (AvgIpc) is 1.36. The number of nitrogens with one attached hydrogen (secondary N) is 4. The van der Waals surface area contributed by atoms with Crippen LogP contribution in [-0.2, 0) is 30.5 Å². The molecule has 0 spiro atoms. The minimum Gasteiger partial charge on any atom is -0.507 e. The molecule has 0 bridgehead atoms. The van der Waals surface area contributed by atoms with Crippen molar-refractivity contribution in [2.75, 3.05) is 80.6 Å². The zero-order valence-electron chi connectivity index (χ0n) is 53.8. The highest BCUT2D eigenvalue weighted by Crippen LogP contribution is 2.40. The number of aromatic hydroxyl groups is 1. The molecule has 7 aromatic rings. The lowest BCUT2D eigenvalue weighted by atomic mass is 9.91. The number of carbonyl (C=O) groups excluding carboxylic acids is 6. The third-order valence-electron chi connectivity index (χ3n) is 18.0. The maximum absolute atomic E-state index is 14.4. The van der Waals surface area contributed by atoms with Gasteiger partial charge in [0.05, 0.1) is 57.8 Å². The van der Waals surface area contributed by atoms with Crippen LogP contribution in [0, 0.1) is 18.8 Å². The average molecular weight is 1380 g/mol. The standard InChI is InChI=1S/C68H79BrN14O11S/c1-39(2)60(67(90)82-36-52(84)28-56(82)66(89)72-40(3)46-13-15-47(16-14-46)61-41(4)71-38-95-61)58-30-59(78-94-58)92-26-25-79-21-19-44(20-22-79)33-80-23-24-81-51(34-80)35-83(62-55(81)29-54(76-77-62)53-9-7-8-10-57(53)85)68(91)93-37-45-11-17-50(18-12-45)75-64(87)43(6)73-63(86)42(5)74-65(88)48-27-49(69)32-70-31-48/h7-18,27,29-32,38-40,42-44,51-52,56,60,84-85H,19-26,28,33-37H2,1-6H3,(H,72,89)(H,73,86)(H,74,88)(H,75,87)/t40-,42-,43-,51+,52+,56-,60+/m0/s1. The van der Waals surface area contributed by atoms with E-state index in [-0.39, 0.29) is 66.6 Å². The van der Waals surface area contributed by atoms with Gasteiger partial charge in [0.2, 0.25) is 23.6 Å². The summed E-state index contributed by atoms with van der Waals surface area (Å²) >= 11 is 4.86. The van der Waals surface area contributed by atoms with Crippen LogP contribution in [0.2, 0.25) is 0 Å². The van der Waals surface area contributed by atoms with Crippen molar-refractivity contribution >= 4 is 80.1 Å². The summed E-state index contributed by atoms with van der Waals surface area (Å²) in [4.78, 5) is 101. The number of carbonyl (C=O) groups is 6. The molecule has 500 valence electrons. The van der Waals surface area contributed by atoms with Crippen LogP contribution in [0.1, 0.15) is 98.8 Å². The number of nitrogens with zero attached hydrogens (tertiary/aromatic N) is 10. The van der Waals surface area contributed by atoms with Crippen LogP contribution in [0.4, 0.5) is 22.0 Å². The van der Waals surface area contributed by atoms with Gasteiger partial charge in [-0.2, -0.15) is 0 Å². The fraction of sp³-hybridized carbons (Fsp3) is 0.426. The number of aromatic nitrogens is 5. The second-order valence-electron chi connectivity index (χ2n) is 25.2. The van der Waals surface area contributed by atoms with Gasteiger partial charge in [-0.15, -0.1) is 21.5 Å². The highest BCUT2D eigenvalue weighted by atomic mass is 79.9. The molecule has 4 aliphatic rings. The first kappa shape index (κ1) is 67.5. The summed E-state index contributed by atoms with van der Waals surface area (Å²) in [5.74, 6) is -1.70. The number of anilines is 3. The van der Waals surface area contributed by atoms with Crippen molar-refractivity contribution in [3.63, 3.8) is 0 Å². The quantitative estimate of drug-likeness (QED) is 0.0378. The molecule has 7 atom stereocenters. The predicted molar refractivity (Wildman–Crippen MR) is 359 cm³/mol. The van der Waals surface area contributed by atoms with E-state index in [1.165, 1.54) is 36.0 Å². The van der Waals surface area contributed by atoms with Crippen molar-refractivity contribution in [1.82, 2.24) is 56.0 Å². The van der Waals surface area contributed by atoms with Crippen LogP contribution >= 0.6 is 27.3 Å². The van der Waals surface area contributed by atoms with Gasteiger partial charge in [0.1, 0.15) is 43.0 Å². The van der Waals surface area contributed by atoms with Crippen molar-refractivity contribution in [2.45, 2.75) is 110 Å². The molecule has 6 amide bonds. The molecule has 0 radical (unpaired) electrons. The molecular formula is C68H79BrN14O11S. The van der Waals surface area contributed by atoms with Gasteiger partial charge in [0.15, 0.2) is 11.6 Å². The molecule has 3 saturated heterocycles. The SMILES string of the molecule is Cc1ncsc1-c1ccc([C@H](C)NC(=O)[C@@H]2C[C@@H](O)CN2C(=O)[C@@H](c2cc(OCCN3CCC(CN4CCN5c6cc(-c7ccccc7O)nnc6N(C(=O)OCc6ccc(NC(=O)[C@H](C)NC(=O)[C@H](C)NC(=O)c7cncc(Br)c7)cc6)C[C@H]5C4)CC3)no2)C(C)C)cc1. The third kappa shape index (κ3) is 16.3. The first-order chi connectivity index (χ1) is 45.7. The Hall–Kier alpha value is -8.89. The lowest BCUT2D eigenvalue weighted by Gasteiger charge is -2.48. The van der Waals surface area contributed by atoms with Crippen LogP contribution in [0.15, 0.2) is 118 Å². The number of hydrogen-bond acceptors (Lipinski definition) is 20. The van der Waals surface area contributed by atoms with Crippen LogP contribution in [0.3, 0.4) is 0 Å². The largest absolute Gasteiger partial charge is 0.507 e. The molecular weight excluding hydrogens is 1300 g/mol. The van der Waals surface area contributed by atoms with E-state index in [9.17, 15) is 39.0 Å². The summed E-state index contributed by atoms with van der Waals surface area (Å²) in [6.07, 6.45) is 3.55. The summed E-state index contributed by atoms with van der Waals surface area (Å²) in [5, 5.41) is 46.0. The fourth-order valence-electron chi connectivity index (χ4n) is 12.7. The van der Waals surface area contributed by atoms with Gasteiger partial charge in [0, 0.05) is 79.9 Å². The number of ether oxygens (including phenoxy) is 2. The van der Waals surface area contributed by atoms with Crippen molar-refractivity contribution in [3.8, 4) is 33.3 Å². The molecule has 25 nitrogen and oxygen atoms in total. The van der Waals surface area contributed by atoms with Crippen molar-refractivity contribution in [2.24, 2.45) is 11.8 Å². The number of pyridine rings is 1. The Kier molecular flexibility index (Phi) is 21.5. The highest BCUT2D eigenvalue weighted by Gasteiger charge is 2.44. The maximum atomic E-state index is 14.4. The van der Waals surface area contributed by atoms with E-state index in [1.54, 1.807) is 65.9 Å². The number of benzene rings is 3. The number of thiazole rings is 1. The first-order valence-corrected chi connectivity index (χ1v) is 33.7. The van der Waals surface area contributed by atoms with Crippen molar-refractivity contribution in [3.05, 3.63) is 142 Å². The smallest absolute Gasteiger partial charge is 0.415 e. The normalized spacial score (nSPS) is 18.8. The second kappa shape index (κ2) is 30.2. The number of hydrogen-bond donors (Lipinski definition) is 6. The number of piperazine rings is 1. The van der Waals surface area contributed by atoms with E-state index in [0.717, 1.165) is 60.7 Å². The van der Waals surface area contributed by atoms with Crippen LogP contribution < -0.4 is 35.8 Å². The Morgan fingerprint density at radius 2 is 1.58 bits per heavy atom. The number of rotatable bonds is 22. The summed E-state index contributed by atoms with van der Waals surface area (Å²) in [6.45, 7) is 16.8. The molecule has 27 heteroatoms. The fourth-order valence-corrected chi connectivity index (χ4v) is 13.9. The number of halogens is 1. The van der Waals surface area contributed by atoms with Gasteiger partial charge >= 0.3 is 6.09 Å². The molecule has 4 aliphatic heterocycles. The number of aryl methyl sites for hydroxylation is 1. The van der Waals surface area contributed by atoms with Gasteiger partial charge in [-0.05, 0) is 140 Å². The van der Waals surface area contributed by atoms with Crippen LogP contribution in [0.5, 0.6) is 11.6 Å². The zero-order chi connectivity index (χ0) is 67.0. The number of aliphatic hydroxyl groups is 1. The molecule has 3 fully saturated rings. The Bertz CT molecular complexity index is 3890. The molecule has 4 aromatic heterocycles. The summed E-state index contributed by atoms with van der Waals surface area (Å²) in [6, 6.07) is 23.6. The first-order valence-electron chi connectivity index (χ1n) is 32.1. The lowest BCUT2D eigenvalue weighted by Crippen LogP contribution is -2.61. The summed E-state index contributed by atoms with van der Waals surface area (Å²) in [7, 11) is 0. The number of para-hydroxylation sites is 1. The van der Waals surface area contributed by atoms with Crippen molar-refractivity contribution in [1.29, 1.82) is 0 Å². The summed E-state index contributed by atoms with van der Waals surface area (Å²) in [5.41, 5.74) is 7.82. The molecule has 11 rings (SSSR count). The molecule has 95 heavy (non-hydrogen) atoms. The molecule has 8 heterocycles. The molecule has 3 aromatic carbocycles. The number of β-amino-alcohol motifs (C(OH)–C–C–N with tert-alkyl or cyclic N) is 1. The van der Waals surface area contributed by atoms with Crippen LogP contribution in [-0.4, -0.2) is 182 Å². The zero-order valence-corrected chi connectivity index (χ0v) is 56.2. The second-order valence-corrected chi connectivity index (χ2v) is 26.9. The van der Waals surface area contributed by atoms with Crippen molar-refractivity contribution < 1.29 is 53.0 Å². The van der Waals surface area contributed by atoms with Gasteiger partial charge in [-0.25, -0.2) is 9.78 Å². The van der Waals surface area contributed by atoms with E-state index >= 15 is 0 Å². The van der Waals surface area contributed by atoms with Gasteiger partial charge in [-0.1, -0.05) is 62.4 Å². The van der Waals surface area contributed by atoms with E-state index in [4.69, 9.17) is 14.0 Å². The van der Waals surface area contributed by atoms with E-state index in [0.29, 0.717) is 83.0 Å². The number of amides is 6. The Morgan fingerprint density at radius 1 is 0.821 bits per heavy atom. The highest BCUT2D eigenvalue weighted by molar-refractivity contribution is 9.10. The maximum Gasteiger partial charge on any atom is 0.415 e. The van der Waals surface area contributed by atoms with Gasteiger partial charge in [-0.3, -0.25) is 43.7 Å². The number of piperidine rings is 1. The minimum absolute atomic E-state index is 0.0233. The number of phenolic OH excluding ortho intramolecular Hbond substituents is 1. The number of phenols is 1. The number of aliphatic hydroxyl groups excluding tert-OH is 1. The lowest BCUT2D eigenvalue weighted by molar-refractivity contribution is -0.141. The van der Waals surface area contributed by atoms with Gasteiger partial charge < -0.3 is 55.3 Å². The molecule has 0 unspecified atom stereocenters. The Morgan fingerprint density at radius 3 is 2.31 bits per heavy atom. The summed E-state index contributed by atoms with van der Waals surface area (Å²) < 4.78 is 18.5. The Labute approximate surface area is 563 Å².